The lowest BCUT2D eigenvalue weighted by molar-refractivity contribution is 0.911. The number of para-hydroxylation sites is 1. The Morgan fingerprint density at radius 1 is 1.06 bits per heavy atom. The summed E-state index contributed by atoms with van der Waals surface area (Å²) in [4.78, 5) is 4.85. The Morgan fingerprint density at radius 2 is 1.83 bits per heavy atom. The molecule has 3 rings (SSSR count). The Kier molecular flexibility index (Phi) is 3.23. The monoisotopic (exact) mass is 274 g/mol. The first-order valence-corrected chi connectivity index (χ1v) is 7.12. The van der Waals surface area contributed by atoms with Crippen LogP contribution < -0.4 is 4.90 Å². The van der Waals surface area contributed by atoms with Crippen LogP contribution in [0.4, 0.5) is 11.4 Å². The van der Waals surface area contributed by atoms with Gasteiger partial charge in [-0.1, -0.05) is 42.4 Å². The second kappa shape index (κ2) is 4.87. The zero-order chi connectivity index (χ0) is 12.5. The van der Waals surface area contributed by atoms with Crippen molar-refractivity contribution in [2.45, 2.75) is 16.2 Å². The van der Waals surface area contributed by atoms with E-state index in [1.54, 1.807) is 11.8 Å². The Morgan fingerprint density at radius 3 is 2.67 bits per heavy atom. The third-order valence-corrected chi connectivity index (χ3v) is 4.33. The molecule has 0 unspecified atom stereocenters. The average molecular weight is 275 g/mol. The lowest BCUT2D eigenvalue weighted by atomic mass is 10.2. The molecule has 1 aliphatic heterocycles. The van der Waals surface area contributed by atoms with Crippen LogP contribution in [0.5, 0.6) is 0 Å². The maximum atomic E-state index is 6.12. The van der Waals surface area contributed by atoms with Gasteiger partial charge in [0.05, 0.1) is 11.4 Å². The summed E-state index contributed by atoms with van der Waals surface area (Å²) in [5.74, 6) is 0. The van der Waals surface area contributed by atoms with Crippen LogP contribution in [0.15, 0.2) is 52.3 Å². The fourth-order valence-corrected chi connectivity index (χ4v) is 3.44. The molecule has 0 atom stereocenters. The van der Waals surface area contributed by atoms with Crippen molar-refractivity contribution in [1.29, 1.82) is 0 Å². The van der Waals surface area contributed by atoms with Gasteiger partial charge in [-0.3, -0.25) is 0 Å². The van der Waals surface area contributed by atoms with E-state index in [2.05, 4.69) is 42.2 Å². The van der Waals surface area contributed by atoms with Crippen LogP contribution in [0.3, 0.4) is 0 Å². The van der Waals surface area contributed by atoms with Crippen molar-refractivity contribution in [3.8, 4) is 0 Å². The highest BCUT2D eigenvalue weighted by molar-refractivity contribution is 7.99. The van der Waals surface area contributed by atoms with Gasteiger partial charge in [-0.15, -0.1) is 0 Å². The third-order valence-electron chi connectivity index (χ3n) is 2.97. The van der Waals surface area contributed by atoms with Gasteiger partial charge in [0.1, 0.15) is 0 Å². The van der Waals surface area contributed by atoms with Crippen LogP contribution in [-0.2, 0) is 0 Å². The quantitative estimate of drug-likeness (QED) is 0.743. The van der Waals surface area contributed by atoms with E-state index in [1.165, 1.54) is 21.2 Å². The van der Waals surface area contributed by atoms with E-state index >= 15 is 0 Å². The zero-order valence-corrected chi connectivity index (χ0v) is 11.5. The number of anilines is 2. The predicted octanol–water partition coefficient (Wildman–Crippen LogP) is 5.17. The SMILES string of the molecule is [CH2]CCN1c2ccccc2Sc2ccc(Cl)cc21. The molecule has 0 aliphatic carbocycles. The Bertz CT molecular complexity index is 582. The molecular formula is C15H13ClNS. The number of benzene rings is 2. The summed E-state index contributed by atoms with van der Waals surface area (Å²) in [5.41, 5.74) is 2.44. The van der Waals surface area contributed by atoms with Crippen molar-refractivity contribution in [2.75, 3.05) is 11.4 Å². The average Bonchev–Trinajstić information content (AvgIpc) is 2.39. The highest BCUT2D eigenvalue weighted by Gasteiger charge is 2.22. The first-order valence-electron chi connectivity index (χ1n) is 5.93. The minimum Gasteiger partial charge on any atom is -0.340 e. The Labute approximate surface area is 117 Å². The summed E-state index contributed by atoms with van der Waals surface area (Å²) in [7, 11) is 0. The van der Waals surface area contributed by atoms with Crippen LogP contribution >= 0.6 is 23.4 Å². The molecule has 0 bridgehead atoms. The molecule has 0 saturated heterocycles. The molecule has 18 heavy (non-hydrogen) atoms. The summed E-state index contributed by atoms with van der Waals surface area (Å²) in [5, 5.41) is 0.780. The fraction of sp³-hybridized carbons (Fsp3) is 0.133. The summed E-state index contributed by atoms with van der Waals surface area (Å²) in [6.07, 6.45) is 0.866. The first-order chi connectivity index (χ1) is 8.79. The highest BCUT2D eigenvalue weighted by Crippen LogP contribution is 2.48. The number of fused-ring (bicyclic) bond motifs is 2. The van der Waals surface area contributed by atoms with Crippen molar-refractivity contribution in [1.82, 2.24) is 0 Å². The molecular weight excluding hydrogens is 262 g/mol. The standard InChI is InChI=1S/C15H13ClNS/c1-2-9-17-12-5-3-4-6-14(12)18-15-8-7-11(16)10-13(15)17/h3-8,10H,1-2,9H2. The van der Waals surface area contributed by atoms with Crippen molar-refractivity contribution in [3.05, 3.63) is 54.4 Å². The van der Waals surface area contributed by atoms with Crippen LogP contribution in [0.25, 0.3) is 0 Å². The number of halogens is 1. The van der Waals surface area contributed by atoms with E-state index in [1.807, 2.05) is 12.1 Å². The van der Waals surface area contributed by atoms with Gasteiger partial charge < -0.3 is 4.90 Å². The Balaban J connectivity index is 2.15. The van der Waals surface area contributed by atoms with Gasteiger partial charge >= 0.3 is 0 Å². The van der Waals surface area contributed by atoms with Gasteiger partial charge in [-0.05, 0) is 36.8 Å². The van der Waals surface area contributed by atoms with Crippen LogP contribution in [0.1, 0.15) is 6.42 Å². The molecule has 1 radical (unpaired) electrons. The minimum absolute atomic E-state index is 0.780. The molecule has 1 aliphatic rings. The number of hydrogen-bond donors (Lipinski definition) is 0. The Hall–Kier alpha value is -1.12. The molecule has 2 aromatic rings. The lowest BCUT2D eigenvalue weighted by Crippen LogP contribution is -2.21. The summed E-state index contributed by atoms with van der Waals surface area (Å²) in [6.45, 7) is 4.87. The van der Waals surface area contributed by atoms with E-state index in [0.29, 0.717) is 0 Å². The first kappa shape index (κ1) is 11.9. The van der Waals surface area contributed by atoms with Gasteiger partial charge in [-0.25, -0.2) is 0 Å². The molecule has 0 fully saturated rings. The van der Waals surface area contributed by atoms with Crippen molar-refractivity contribution in [2.24, 2.45) is 0 Å². The smallest absolute Gasteiger partial charge is 0.0567 e. The van der Waals surface area contributed by atoms with Gasteiger partial charge in [0.2, 0.25) is 0 Å². The van der Waals surface area contributed by atoms with E-state index < -0.39 is 0 Å². The largest absolute Gasteiger partial charge is 0.340 e. The minimum atomic E-state index is 0.780. The molecule has 1 heterocycles. The zero-order valence-electron chi connectivity index (χ0n) is 9.90. The maximum Gasteiger partial charge on any atom is 0.0567 e. The third kappa shape index (κ3) is 2.00. The molecule has 1 nitrogen and oxygen atoms in total. The predicted molar refractivity (Wildman–Crippen MR) is 79.0 cm³/mol. The van der Waals surface area contributed by atoms with Gasteiger partial charge in [0.15, 0.2) is 0 Å². The highest BCUT2D eigenvalue weighted by atomic mass is 35.5. The van der Waals surface area contributed by atoms with Gasteiger partial charge in [0, 0.05) is 21.4 Å². The molecule has 0 spiro atoms. The van der Waals surface area contributed by atoms with Crippen molar-refractivity contribution < 1.29 is 0 Å². The number of hydrogen-bond acceptors (Lipinski definition) is 2. The van der Waals surface area contributed by atoms with E-state index in [4.69, 9.17) is 11.6 Å². The van der Waals surface area contributed by atoms with Crippen LogP contribution in [0.2, 0.25) is 5.02 Å². The molecule has 3 heteroatoms. The molecule has 0 N–H and O–H groups in total. The van der Waals surface area contributed by atoms with Crippen LogP contribution in [0, 0.1) is 6.92 Å². The van der Waals surface area contributed by atoms with E-state index in [9.17, 15) is 0 Å². The van der Waals surface area contributed by atoms with Crippen molar-refractivity contribution >= 4 is 34.7 Å². The van der Waals surface area contributed by atoms with E-state index in [0.717, 1.165) is 18.0 Å². The summed E-state index contributed by atoms with van der Waals surface area (Å²) >= 11 is 7.92. The molecule has 0 amide bonds. The number of nitrogens with zero attached hydrogens (tertiary/aromatic N) is 1. The second-order valence-corrected chi connectivity index (χ2v) is 5.71. The van der Waals surface area contributed by atoms with E-state index in [-0.39, 0.29) is 0 Å². The maximum absolute atomic E-state index is 6.12. The molecule has 0 saturated carbocycles. The van der Waals surface area contributed by atoms with Gasteiger partial charge in [-0.2, -0.15) is 0 Å². The summed E-state index contributed by atoms with van der Waals surface area (Å²) < 4.78 is 0. The fourth-order valence-electron chi connectivity index (χ4n) is 2.20. The molecule has 2 aromatic carbocycles. The summed E-state index contributed by atoms with van der Waals surface area (Å²) in [6, 6.07) is 14.5. The topological polar surface area (TPSA) is 3.24 Å². The lowest BCUT2D eigenvalue weighted by Gasteiger charge is -2.32. The molecule has 91 valence electrons. The second-order valence-electron chi connectivity index (χ2n) is 4.19. The van der Waals surface area contributed by atoms with Crippen LogP contribution in [-0.4, -0.2) is 6.54 Å². The van der Waals surface area contributed by atoms with Crippen molar-refractivity contribution in [3.63, 3.8) is 0 Å². The molecule has 0 aromatic heterocycles. The normalized spacial score (nSPS) is 13.1. The number of rotatable bonds is 2. The van der Waals surface area contributed by atoms with Gasteiger partial charge in [0.25, 0.3) is 0 Å².